The van der Waals surface area contributed by atoms with Gasteiger partial charge in [-0.25, -0.2) is 21.6 Å². The molecule has 1 fully saturated rings. The Kier molecular flexibility index (Phi) is 6.98. The van der Waals surface area contributed by atoms with Crippen molar-refractivity contribution in [2.24, 2.45) is 0 Å². The number of sulfonamides is 2. The molecule has 25 heavy (non-hydrogen) atoms. The zero-order valence-corrected chi connectivity index (χ0v) is 16.4. The van der Waals surface area contributed by atoms with Crippen molar-refractivity contribution < 1.29 is 16.8 Å². The van der Waals surface area contributed by atoms with Crippen LogP contribution in [0.1, 0.15) is 32.6 Å². The van der Waals surface area contributed by atoms with Gasteiger partial charge in [0.25, 0.3) is 0 Å². The first kappa shape index (κ1) is 20.3. The molecule has 1 aromatic rings. The van der Waals surface area contributed by atoms with Gasteiger partial charge in [-0.3, -0.25) is 0 Å². The molecule has 1 heterocycles. The maximum Gasteiger partial charge on any atom is 0.243 e. The molecule has 0 bridgehead atoms. The molecule has 0 saturated carbocycles. The molecule has 0 radical (unpaired) electrons. The Hall–Kier alpha value is -1.00. The van der Waals surface area contributed by atoms with Crippen LogP contribution in [0, 0.1) is 0 Å². The molecular weight excluding hydrogens is 362 g/mol. The van der Waals surface area contributed by atoms with Gasteiger partial charge in [-0.1, -0.05) is 18.9 Å². The van der Waals surface area contributed by atoms with Crippen molar-refractivity contribution in [2.75, 3.05) is 26.7 Å². The summed E-state index contributed by atoms with van der Waals surface area (Å²) in [6.07, 6.45) is 3.71. The van der Waals surface area contributed by atoms with Crippen LogP contribution in [0.4, 0.5) is 0 Å². The lowest BCUT2D eigenvalue weighted by atomic mass is 10.2. The van der Waals surface area contributed by atoms with E-state index in [1.807, 2.05) is 6.92 Å². The number of benzene rings is 1. The first-order valence-corrected chi connectivity index (χ1v) is 11.5. The fraction of sp³-hybridized carbons (Fsp3) is 0.625. The summed E-state index contributed by atoms with van der Waals surface area (Å²) in [6, 6.07) is 5.55. The van der Waals surface area contributed by atoms with Gasteiger partial charge in [0.15, 0.2) is 0 Å². The monoisotopic (exact) mass is 389 g/mol. The van der Waals surface area contributed by atoms with E-state index in [1.54, 1.807) is 7.05 Å². The Bertz CT molecular complexity index is 770. The molecule has 0 aliphatic carbocycles. The van der Waals surface area contributed by atoms with Crippen molar-refractivity contribution in [3.63, 3.8) is 0 Å². The van der Waals surface area contributed by atoms with E-state index < -0.39 is 20.0 Å². The Labute approximate surface area is 150 Å². The van der Waals surface area contributed by atoms with Gasteiger partial charge in [0.2, 0.25) is 20.0 Å². The van der Waals surface area contributed by atoms with Crippen LogP contribution in [0.5, 0.6) is 0 Å². The van der Waals surface area contributed by atoms with E-state index in [0.29, 0.717) is 13.1 Å². The normalized spacial score (nSPS) is 18.6. The first-order valence-electron chi connectivity index (χ1n) is 8.54. The molecule has 1 aliphatic rings. The van der Waals surface area contributed by atoms with E-state index in [0.717, 1.165) is 25.7 Å². The Morgan fingerprint density at radius 3 is 2.24 bits per heavy atom. The molecule has 0 amide bonds. The van der Waals surface area contributed by atoms with Crippen molar-refractivity contribution >= 4 is 20.0 Å². The van der Waals surface area contributed by atoms with Crippen molar-refractivity contribution in [1.29, 1.82) is 0 Å². The van der Waals surface area contributed by atoms with E-state index in [2.05, 4.69) is 10.0 Å². The average Bonchev–Trinajstić information content (AvgIpc) is 2.89. The molecule has 2 N–H and O–H groups in total. The number of hydrogen-bond acceptors (Lipinski definition) is 5. The second-order valence-electron chi connectivity index (χ2n) is 6.33. The highest BCUT2D eigenvalue weighted by Gasteiger charge is 2.26. The molecule has 1 aliphatic heterocycles. The predicted molar refractivity (Wildman–Crippen MR) is 97.4 cm³/mol. The minimum Gasteiger partial charge on any atom is -0.316 e. The van der Waals surface area contributed by atoms with Crippen LogP contribution in [0.3, 0.4) is 0 Å². The molecule has 1 unspecified atom stereocenters. The summed E-state index contributed by atoms with van der Waals surface area (Å²) in [5, 5.41) is 2.94. The van der Waals surface area contributed by atoms with Gasteiger partial charge in [0, 0.05) is 25.7 Å². The van der Waals surface area contributed by atoms with E-state index in [9.17, 15) is 16.8 Å². The van der Waals surface area contributed by atoms with Crippen molar-refractivity contribution in [3.05, 3.63) is 24.3 Å². The molecule has 1 aromatic carbocycles. The lowest BCUT2D eigenvalue weighted by molar-refractivity contribution is 0.423. The maximum absolute atomic E-state index is 12.8. The van der Waals surface area contributed by atoms with Crippen LogP contribution < -0.4 is 10.0 Å². The minimum atomic E-state index is -3.76. The molecule has 0 aromatic heterocycles. The summed E-state index contributed by atoms with van der Waals surface area (Å²) in [5.41, 5.74) is 0. The van der Waals surface area contributed by atoms with Gasteiger partial charge < -0.3 is 5.32 Å². The zero-order valence-electron chi connectivity index (χ0n) is 14.7. The minimum absolute atomic E-state index is 0.0268. The average molecular weight is 390 g/mol. The van der Waals surface area contributed by atoms with Crippen LogP contribution in [0.25, 0.3) is 0 Å². The molecule has 2 rings (SSSR count). The number of likely N-dealkylation sites (N-methyl/N-ethyl adjacent to an activating group) is 1. The first-order chi connectivity index (χ1) is 11.8. The predicted octanol–water partition coefficient (Wildman–Crippen LogP) is 1.14. The summed E-state index contributed by atoms with van der Waals surface area (Å²) in [6.45, 7) is 3.04. The number of nitrogens with zero attached hydrogens (tertiary/aromatic N) is 1. The van der Waals surface area contributed by atoms with Gasteiger partial charge in [-0.2, -0.15) is 4.31 Å². The van der Waals surface area contributed by atoms with E-state index in [-0.39, 0.29) is 22.4 Å². The third-order valence-electron chi connectivity index (χ3n) is 4.39. The van der Waals surface area contributed by atoms with Crippen LogP contribution in [0.15, 0.2) is 34.1 Å². The molecule has 1 atom stereocenters. The number of rotatable bonds is 7. The second kappa shape index (κ2) is 8.59. The lowest BCUT2D eigenvalue weighted by Crippen LogP contribution is -2.37. The van der Waals surface area contributed by atoms with Crippen LogP contribution in [-0.2, 0) is 20.0 Å². The summed E-state index contributed by atoms with van der Waals surface area (Å²) < 4.78 is 54.5. The number of hydrogen-bond donors (Lipinski definition) is 2. The van der Waals surface area contributed by atoms with Gasteiger partial charge in [-0.05, 0) is 45.0 Å². The quantitative estimate of drug-likeness (QED) is 0.729. The largest absolute Gasteiger partial charge is 0.316 e. The summed E-state index contributed by atoms with van der Waals surface area (Å²) in [7, 11) is -5.69. The van der Waals surface area contributed by atoms with E-state index in [4.69, 9.17) is 0 Å². The summed E-state index contributed by atoms with van der Waals surface area (Å²) >= 11 is 0. The van der Waals surface area contributed by atoms with Crippen molar-refractivity contribution in [1.82, 2.24) is 14.3 Å². The third-order valence-corrected chi connectivity index (χ3v) is 7.71. The van der Waals surface area contributed by atoms with E-state index in [1.165, 1.54) is 28.6 Å². The Morgan fingerprint density at radius 2 is 1.64 bits per heavy atom. The maximum atomic E-state index is 12.8. The molecule has 1 saturated heterocycles. The highest BCUT2D eigenvalue weighted by molar-refractivity contribution is 7.90. The second-order valence-corrected chi connectivity index (χ2v) is 10.0. The summed E-state index contributed by atoms with van der Waals surface area (Å²) in [5.74, 6) is 0. The van der Waals surface area contributed by atoms with Gasteiger partial charge in [-0.15, -0.1) is 0 Å². The fourth-order valence-corrected chi connectivity index (χ4v) is 5.47. The van der Waals surface area contributed by atoms with Crippen LogP contribution >= 0.6 is 0 Å². The lowest BCUT2D eigenvalue weighted by Gasteiger charge is -2.20. The molecule has 9 heteroatoms. The van der Waals surface area contributed by atoms with Crippen LogP contribution in [0.2, 0.25) is 0 Å². The topological polar surface area (TPSA) is 95.6 Å². The highest BCUT2D eigenvalue weighted by Crippen LogP contribution is 2.22. The van der Waals surface area contributed by atoms with Crippen LogP contribution in [-0.4, -0.2) is 53.9 Å². The summed E-state index contributed by atoms with van der Waals surface area (Å²) in [4.78, 5) is -0.00867. The molecular formula is C16H27N3O4S2. The smallest absolute Gasteiger partial charge is 0.243 e. The Balaban J connectivity index is 2.25. The number of nitrogens with one attached hydrogen (secondary N) is 2. The zero-order chi connectivity index (χ0) is 18.5. The van der Waals surface area contributed by atoms with E-state index >= 15 is 0 Å². The Morgan fingerprint density at radius 1 is 1.04 bits per heavy atom. The molecule has 7 nitrogen and oxygen atoms in total. The fourth-order valence-electron chi connectivity index (χ4n) is 2.65. The highest BCUT2D eigenvalue weighted by atomic mass is 32.2. The molecule has 0 spiro atoms. The standard InChI is InChI=1S/C16H27N3O4S2/c1-14(17-2)13-18-24(20,21)15-8-7-9-16(12-15)25(22,23)19-10-5-3-4-6-11-19/h7-9,12,14,17-18H,3-6,10-11,13H2,1-2H3. The van der Waals surface area contributed by atoms with Crippen molar-refractivity contribution in [2.45, 2.75) is 48.4 Å². The van der Waals surface area contributed by atoms with Gasteiger partial charge in [0.05, 0.1) is 9.79 Å². The van der Waals surface area contributed by atoms with Crippen molar-refractivity contribution in [3.8, 4) is 0 Å². The SMILES string of the molecule is CNC(C)CNS(=O)(=O)c1cccc(S(=O)(=O)N2CCCCCC2)c1. The van der Waals surface area contributed by atoms with Gasteiger partial charge in [0.1, 0.15) is 0 Å². The third kappa shape index (κ3) is 5.24. The van der Waals surface area contributed by atoms with Gasteiger partial charge >= 0.3 is 0 Å². The molecule has 142 valence electrons.